The van der Waals surface area contributed by atoms with Crippen molar-refractivity contribution in [1.29, 1.82) is 0 Å². The van der Waals surface area contributed by atoms with Gasteiger partial charge in [0.15, 0.2) is 11.5 Å². The highest BCUT2D eigenvalue weighted by atomic mass is 32.2. The summed E-state index contributed by atoms with van der Waals surface area (Å²) in [6, 6.07) is 19.7. The van der Waals surface area contributed by atoms with E-state index in [4.69, 9.17) is 19.4 Å². The van der Waals surface area contributed by atoms with E-state index in [1.54, 1.807) is 32.4 Å². The summed E-state index contributed by atoms with van der Waals surface area (Å²) in [5.41, 5.74) is 3.35. The standard InChI is InChI=1S/C32H42N4O6S.CH2O2/c1-4-34-26-18-25(19-27(20-26)36-14-8-9-15-43(36,39)40)32(38)35-28(16-23-10-6-5-7-11-23)29(37)22-33-21-24-12-13-30(41-2)31(17-24)42-3;2-1-3/h5-7,10-13,17-20,28-29,33-34,37H,4,8-9,14-16,21-22H2,1-3H3,(H,35,38);1H,(H,2,3)/t28-,29+;/m0./s1. The molecule has 0 saturated carbocycles. The quantitative estimate of drug-likeness (QED) is 0.163. The minimum absolute atomic E-state index is 0.0849. The van der Waals surface area contributed by atoms with Crippen LogP contribution in [-0.4, -0.2) is 82.8 Å². The molecule has 2 atom stereocenters. The van der Waals surface area contributed by atoms with Crippen LogP contribution in [0.1, 0.15) is 41.3 Å². The first-order chi connectivity index (χ1) is 22.1. The van der Waals surface area contributed by atoms with E-state index >= 15 is 0 Å². The predicted octanol–water partition coefficient (Wildman–Crippen LogP) is 3.26. The number of amides is 1. The monoisotopic (exact) mass is 656 g/mol. The summed E-state index contributed by atoms with van der Waals surface area (Å²) in [4.78, 5) is 22.0. The Hall–Kier alpha value is -4.33. The molecule has 1 aliphatic rings. The van der Waals surface area contributed by atoms with E-state index in [0.717, 1.165) is 17.5 Å². The highest BCUT2D eigenvalue weighted by molar-refractivity contribution is 7.92. The minimum atomic E-state index is -3.46. The number of carbonyl (C=O) groups excluding carboxylic acids is 1. The van der Waals surface area contributed by atoms with Gasteiger partial charge in [0, 0.05) is 37.4 Å². The number of hydrogen-bond donors (Lipinski definition) is 5. The molecule has 4 rings (SSSR count). The van der Waals surface area contributed by atoms with Crippen LogP contribution in [0, 0.1) is 0 Å². The number of carbonyl (C=O) groups is 2. The fourth-order valence-corrected chi connectivity index (χ4v) is 6.79. The zero-order chi connectivity index (χ0) is 33.5. The van der Waals surface area contributed by atoms with Gasteiger partial charge in [-0.3, -0.25) is 13.9 Å². The van der Waals surface area contributed by atoms with Crippen LogP contribution >= 0.6 is 0 Å². The lowest BCUT2D eigenvalue weighted by Crippen LogP contribution is -2.48. The van der Waals surface area contributed by atoms with E-state index in [1.807, 2.05) is 55.5 Å². The van der Waals surface area contributed by atoms with E-state index in [0.29, 0.717) is 60.9 Å². The normalized spacial score (nSPS) is 15.0. The summed E-state index contributed by atoms with van der Waals surface area (Å²) in [7, 11) is -0.294. The molecule has 1 saturated heterocycles. The van der Waals surface area contributed by atoms with Crippen molar-refractivity contribution in [2.45, 2.75) is 44.9 Å². The van der Waals surface area contributed by atoms with Gasteiger partial charge in [0.05, 0.1) is 37.8 Å². The number of nitrogens with zero attached hydrogens (tertiary/aromatic N) is 1. The van der Waals surface area contributed by atoms with Gasteiger partial charge in [-0.05, 0) is 67.6 Å². The smallest absolute Gasteiger partial charge is 0.290 e. The van der Waals surface area contributed by atoms with E-state index in [1.165, 1.54) is 4.31 Å². The van der Waals surface area contributed by atoms with Crippen LogP contribution in [0.4, 0.5) is 11.4 Å². The second-order valence-corrected chi connectivity index (χ2v) is 12.7. The molecule has 1 amide bonds. The molecule has 0 aliphatic carbocycles. The average molecular weight is 657 g/mol. The third-order valence-electron chi connectivity index (χ3n) is 7.41. The number of sulfonamides is 1. The van der Waals surface area contributed by atoms with Crippen molar-refractivity contribution in [3.63, 3.8) is 0 Å². The summed E-state index contributed by atoms with van der Waals surface area (Å²) >= 11 is 0. The van der Waals surface area contributed by atoms with Crippen molar-refractivity contribution < 1.29 is 37.7 Å². The molecule has 1 aliphatic heterocycles. The molecule has 0 unspecified atom stereocenters. The van der Waals surface area contributed by atoms with E-state index < -0.39 is 28.1 Å². The van der Waals surface area contributed by atoms with Crippen molar-refractivity contribution in [2.24, 2.45) is 0 Å². The van der Waals surface area contributed by atoms with Gasteiger partial charge in [-0.15, -0.1) is 0 Å². The van der Waals surface area contributed by atoms with Crippen LogP contribution in [0.25, 0.3) is 0 Å². The number of rotatable bonds is 14. The Morgan fingerprint density at radius 3 is 2.37 bits per heavy atom. The van der Waals surface area contributed by atoms with Crippen LogP contribution in [0.5, 0.6) is 11.5 Å². The summed E-state index contributed by atoms with van der Waals surface area (Å²) in [5, 5.41) is 27.7. The van der Waals surface area contributed by atoms with Gasteiger partial charge in [-0.25, -0.2) is 8.42 Å². The predicted molar refractivity (Wildman–Crippen MR) is 178 cm³/mol. The molecule has 3 aromatic carbocycles. The molecule has 1 heterocycles. The number of anilines is 2. The first-order valence-corrected chi connectivity index (χ1v) is 16.7. The van der Waals surface area contributed by atoms with Gasteiger partial charge in [0.2, 0.25) is 10.0 Å². The van der Waals surface area contributed by atoms with Crippen LogP contribution in [0.3, 0.4) is 0 Å². The Balaban J connectivity index is 0.00000185. The number of methoxy groups -OCH3 is 2. The summed E-state index contributed by atoms with van der Waals surface area (Å²) < 4.78 is 37.7. The number of nitrogens with one attached hydrogen (secondary N) is 3. The maximum absolute atomic E-state index is 13.7. The molecule has 250 valence electrons. The average Bonchev–Trinajstić information content (AvgIpc) is 3.05. The molecule has 12 nitrogen and oxygen atoms in total. The Bertz CT molecular complexity index is 1520. The van der Waals surface area contributed by atoms with Crippen molar-refractivity contribution in [3.05, 3.63) is 83.4 Å². The van der Waals surface area contributed by atoms with Crippen molar-refractivity contribution in [3.8, 4) is 11.5 Å². The number of benzene rings is 3. The molecule has 0 spiro atoms. The largest absolute Gasteiger partial charge is 0.493 e. The van der Waals surface area contributed by atoms with Gasteiger partial charge in [0.25, 0.3) is 12.4 Å². The number of carboxylic acid groups (broad SMARTS) is 1. The third-order valence-corrected chi connectivity index (χ3v) is 9.28. The summed E-state index contributed by atoms with van der Waals surface area (Å²) in [6.45, 7) is 3.37. The molecular formula is C33H44N4O8S. The number of hydrogen-bond acceptors (Lipinski definition) is 9. The van der Waals surface area contributed by atoms with Crippen molar-refractivity contribution in [1.82, 2.24) is 10.6 Å². The molecular weight excluding hydrogens is 612 g/mol. The molecule has 0 aromatic heterocycles. The molecule has 46 heavy (non-hydrogen) atoms. The van der Waals surface area contributed by atoms with Crippen LogP contribution < -0.4 is 29.7 Å². The maximum Gasteiger partial charge on any atom is 0.290 e. The number of aliphatic hydroxyl groups is 1. The third kappa shape index (κ3) is 10.4. The molecule has 0 bridgehead atoms. The Kier molecular flexibility index (Phi) is 14.1. The summed E-state index contributed by atoms with van der Waals surface area (Å²) in [5.74, 6) is 0.946. The topological polar surface area (TPSA) is 167 Å². The first kappa shape index (κ1) is 36.1. The van der Waals surface area contributed by atoms with Crippen molar-refractivity contribution in [2.75, 3.05) is 49.2 Å². The Morgan fingerprint density at radius 2 is 1.72 bits per heavy atom. The zero-order valence-electron chi connectivity index (χ0n) is 26.4. The van der Waals surface area contributed by atoms with Crippen LogP contribution in [-0.2, 0) is 27.8 Å². The van der Waals surface area contributed by atoms with E-state index in [9.17, 15) is 18.3 Å². The summed E-state index contributed by atoms with van der Waals surface area (Å²) in [6.07, 6.45) is 0.876. The molecule has 1 fully saturated rings. The molecule has 0 radical (unpaired) electrons. The van der Waals surface area contributed by atoms with Gasteiger partial charge in [0.1, 0.15) is 0 Å². The fourth-order valence-electron chi connectivity index (χ4n) is 5.17. The highest BCUT2D eigenvalue weighted by Gasteiger charge is 2.28. The SMILES string of the molecule is CCNc1cc(C(=O)N[C@@H](Cc2ccccc2)[C@H](O)CNCc2ccc(OC)c(OC)c2)cc(N2CCCCS2(=O)=O)c1.O=CO. The van der Waals surface area contributed by atoms with Gasteiger partial charge in [-0.2, -0.15) is 0 Å². The minimum Gasteiger partial charge on any atom is -0.493 e. The van der Waals surface area contributed by atoms with Crippen LogP contribution in [0.2, 0.25) is 0 Å². The second kappa shape index (κ2) is 18.0. The van der Waals surface area contributed by atoms with Crippen molar-refractivity contribution >= 4 is 33.8 Å². The van der Waals surface area contributed by atoms with E-state index in [-0.39, 0.29) is 18.8 Å². The van der Waals surface area contributed by atoms with Gasteiger partial charge >= 0.3 is 0 Å². The van der Waals surface area contributed by atoms with Gasteiger partial charge in [-0.1, -0.05) is 36.4 Å². The second-order valence-electron chi connectivity index (χ2n) is 10.7. The molecule has 13 heteroatoms. The molecule has 3 aromatic rings. The number of aliphatic hydroxyl groups excluding tert-OH is 1. The molecule has 5 N–H and O–H groups in total. The zero-order valence-corrected chi connectivity index (χ0v) is 27.3. The van der Waals surface area contributed by atoms with E-state index in [2.05, 4.69) is 16.0 Å². The Morgan fingerprint density at radius 1 is 1.00 bits per heavy atom. The lowest BCUT2D eigenvalue weighted by Gasteiger charge is -2.29. The maximum atomic E-state index is 13.7. The lowest BCUT2D eigenvalue weighted by molar-refractivity contribution is -0.122. The highest BCUT2D eigenvalue weighted by Crippen LogP contribution is 2.29. The fraction of sp³-hybridized carbons (Fsp3) is 0.394. The van der Waals surface area contributed by atoms with Gasteiger partial charge < -0.3 is 35.6 Å². The number of ether oxygens (including phenoxy) is 2. The Labute approximate surface area is 270 Å². The van der Waals surface area contributed by atoms with Crippen LogP contribution in [0.15, 0.2) is 66.7 Å². The lowest BCUT2D eigenvalue weighted by atomic mass is 10.00. The first-order valence-electron chi connectivity index (χ1n) is 15.1.